The van der Waals surface area contributed by atoms with Crippen LogP contribution in [0.25, 0.3) is 10.9 Å². The minimum Gasteiger partial charge on any atom is -0.356 e. The first-order valence-electron chi connectivity index (χ1n) is 8.93. The van der Waals surface area contributed by atoms with Crippen molar-refractivity contribution in [1.29, 1.82) is 0 Å². The van der Waals surface area contributed by atoms with Gasteiger partial charge in [0.25, 0.3) is 5.56 Å². The number of nitrogens with one attached hydrogen (secondary N) is 1. The molecule has 0 saturated heterocycles. The maximum absolute atomic E-state index is 12.9. The lowest BCUT2D eigenvalue weighted by molar-refractivity contribution is -0.140. The Morgan fingerprint density at radius 3 is 2.71 bits per heavy atom. The monoisotopic (exact) mass is 389 g/mol. The molecule has 1 amide bonds. The molecule has 1 aliphatic heterocycles. The van der Waals surface area contributed by atoms with Gasteiger partial charge in [-0.15, -0.1) is 0 Å². The second-order valence-corrected chi connectivity index (χ2v) is 6.93. The number of carbonyl (C=O) groups is 1. The summed E-state index contributed by atoms with van der Waals surface area (Å²) in [5.74, 6) is -0.391. The molecule has 4 rings (SSSR count). The summed E-state index contributed by atoms with van der Waals surface area (Å²) in [7, 11) is 0. The van der Waals surface area contributed by atoms with Crippen LogP contribution in [0.4, 0.5) is 13.2 Å². The highest BCUT2D eigenvalue weighted by Crippen LogP contribution is 2.34. The minimum absolute atomic E-state index is 0.259. The van der Waals surface area contributed by atoms with Gasteiger partial charge in [-0.25, -0.2) is 0 Å². The van der Waals surface area contributed by atoms with Gasteiger partial charge in [0.2, 0.25) is 5.91 Å². The average Bonchev–Trinajstić information content (AvgIpc) is 3.02. The molecule has 0 spiro atoms. The molecule has 2 aromatic heterocycles. The van der Waals surface area contributed by atoms with Gasteiger partial charge < -0.3 is 14.5 Å². The maximum Gasteiger partial charge on any atom is 0.421 e. The zero-order valence-corrected chi connectivity index (χ0v) is 15.1. The number of H-pyrrole nitrogens is 1. The molecule has 1 aliphatic rings. The van der Waals surface area contributed by atoms with E-state index in [-0.39, 0.29) is 6.04 Å². The van der Waals surface area contributed by atoms with Crippen molar-refractivity contribution in [3.63, 3.8) is 0 Å². The SMILES string of the molecule is CC1c2[nH]c3ccccc3c2CCN1C(=O)Cn1cccc(C(F)(F)F)c1=O. The van der Waals surface area contributed by atoms with Gasteiger partial charge in [-0.2, -0.15) is 13.2 Å². The smallest absolute Gasteiger partial charge is 0.356 e. The first-order chi connectivity index (χ1) is 13.3. The molecule has 1 atom stereocenters. The average molecular weight is 389 g/mol. The number of carbonyl (C=O) groups excluding carboxylic acids is 1. The van der Waals surface area contributed by atoms with Gasteiger partial charge in [-0.1, -0.05) is 18.2 Å². The standard InChI is InChI=1S/C20H18F3N3O2/c1-12-18-14(13-5-2-3-7-16(13)24-18)8-10-26(12)17(27)11-25-9-4-6-15(19(25)28)20(21,22)23/h2-7,9,12,24H,8,10-11H2,1H3. The van der Waals surface area contributed by atoms with E-state index in [4.69, 9.17) is 0 Å². The lowest BCUT2D eigenvalue weighted by atomic mass is 9.98. The molecule has 0 bridgehead atoms. The summed E-state index contributed by atoms with van der Waals surface area (Å²) in [6.45, 7) is 1.89. The number of aromatic amines is 1. The summed E-state index contributed by atoms with van der Waals surface area (Å²) in [6, 6.07) is 9.48. The minimum atomic E-state index is -4.75. The molecule has 1 aromatic carbocycles. The highest BCUT2D eigenvalue weighted by molar-refractivity contribution is 5.86. The topological polar surface area (TPSA) is 58.1 Å². The van der Waals surface area contributed by atoms with Crippen LogP contribution in [0, 0.1) is 0 Å². The lowest BCUT2D eigenvalue weighted by Gasteiger charge is -2.33. The number of amides is 1. The van der Waals surface area contributed by atoms with Crippen LogP contribution in [-0.2, 0) is 23.9 Å². The summed E-state index contributed by atoms with van der Waals surface area (Å²) >= 11 is 0. The second-order valence-electron chi connectivity index (χ2n) is 6.93. The van der Waals surface area contributed by atoms with Crippen molar-refractivity contribution in [2.75, 3.05) is 6.54 Å². The number of fused-ring (bicyclic) bond motifs is 3. The van der Waals surface area contributed by atoms with Crippen LogP contribution in [-0.4, -0.2) is 26.9 Å². The molecule has 3 heterocycles. The second kappa shape index (κ2) is 6.54. The Balaban J connectivity index is 1.61. The highest BCUT2D eigenvalue weighted by Gasteiger charge is 2.35. The third kappa shape index (κ3) is 2.98. The molecule has 0 fully saturated rings. The molecule has 1 unspecified atom stereocenters. The Kier molecular flexibility index (Phi) is 4.28. The number of rotatable bonds is 2. The molecule has 0 radical (unpaired) electrons. The van der Waals surface area contributed by atoms with E-state index < -0.39 is 29.8 Å². The van der Waals surface area contributed by atoms with Crippen molar-refractivity contribution < 1.29 is 18.0 Å². The number of para-hydroxylation sites is 1. The van der Waals surface area contributed by atoms with Crippen LogP contribution in [0.1, 0.15) is 29.8 Å². The predicted octanol–water partition coefficient (Wildman–Crippen LogP) is 3.49. The first-order valence-corrected chi connectivity index (χ1v) is 8.93. The van der Waals surface area contributed by atoms with Gasteiger partial charge >= 0.3 is 6.18 Å². The van der Waals surface area contributed by atoms with Crippen LogP contribution in [0.15, 0.2) is 47.4 Å². The van der Waals surface area contributed by atoms with Crippen molar-refractivity contribution in [2.24, 2.45) is 0 Å². The molecule has 8 heteroatoms. The van der Waals surface area contributed by atoms with E-state index >= 15 is 0 Å². The number of halogens is 3. The van der Waals surface area contributed by atoms with E-state index in [1.165, 1.54) is 6.20 Å². The van der Waals surface area contributed by atoms with E-state index in [2.05, 4.69) is 4.98 Å². The van der Waals surface area contributed by atoms with E-state index in [0.29, 0.717) is 13.0 Å². The number of nitrogens with zero attached hydrogens (tertiary/aromatic N) is 2. The number of aromatic nitrogens is 2. The van der Waals surface area contributed by atoms with Crippen LogP contribution >= 0.6 is 0 Å². The Hall–Kier alpha value is -3.03. The normalized spacial score (nSPS) is 17.0. The summed E-state index contributed by atoms with van der Waals surface area (Å²) in [4.78, 5) is 29.8. The number of hydrogen-bond acceptors (Lipinski definition) is 2. The molecular weight excluding hydrogens is 371 g/mol. The zero-order valence-electron chi connectivity index (χ0n) is 15.1. The van der Waals surface area contributed by atoms with Crippen LogP contribution in [0.3, 0.4) is 0 Å². The summed E-state index contributed by atoms with van der Waals surface area (Å²) in [6.07, 6.45) is -2.90. The zero-order chi connectivity index (χ0) is 20.1. The molecular formula is C20H18F3N3O2. The van der Waals surface area contributed by atoms with Gasteiger partial charge in [0.05, 0.1) is 6.04 Å². The molecule has 3 aromatic rings. The molecule has 0 aliphatic carbocycles. The molecule has 5 nitrogen and oxygen atoms in total. The Morgan fingerprint density at radius 1 is 1.21 bits per heavy atom. The molecule has 146 valence electrons. The number of benzene rings is 1. The van der Waals surface area contributed by atoms with Crippen LogP contribution in [0.5, 0.6) is 0 Å². The number of alkyl halides is 3. The quantitative estimate of drug-likeness (QED) is 0.729. The summed E-state index contributed by atoms with van der Waals surface area (Å²) in [5.41, 5.74) is 0.593. The third-order valence-electron chi connectivity index (χ3n) is 5.29. The Bertz CT molecular complexity index is 1110. The van der Waals surface area contributed by atoms with Gasteiger partial charge in [0.15, 0.2) is 0 Å². The van der Waals surface area contributed by atoms with Crippen molar-refractivity contribution in [3.05, 3.63) is 69.8 Å². The largest absolute Gasteiger partial charge is 0.421 e. The summed E-state index contributed by atoms with van der Waals surface area (Å²) in [5, 5.41) is 1.12. The first kappa shape index (κ1) is 18.3. The fourth-order valence-electron chi connectivity index (χ4n) is 3.88. The van der Waals surface area contributed by atoms with Gasteiger partial charge in [0, 0.05) is 29.3 Å². The Morgan fingerprint density at radius 2 is 1.96 bits per heavy atom. The number of pyridine rings is 1. The summed E-state index contributed by atoms with van der Waals surface area (Å²) < 4.78 is 39.6. The third-order valence-corrected chi connectivity index (χ3v) is 5.29. The van der Waals surface area contributed by atoms with Crippen molar-refractivity contribution in [3.8, 4) is 0 Å². The highest BCUT2D eigenvalue weighted by atomic mass is 19.4. The fraction of sp³-hybridized carbons (Fsp3) is 0.300. The van der Waals surface area contributed by atoms with Crippen LogP contribution < -0.4 is 5.56 Å². The van der Waals surface area contributed by atoms with Crippen molar-refractivity contribution >= 4 is 16.8 Å². The number of hydrogen-bond donors (Lipinski definition) is 1. The Labute approximate surface area is 158 Å². The van der Waals surface area contributed by atoms with Crippen molar-refractivity contribution in [1.82, 2.24) is 14.5 Å². The van der Waals surface area contributed by atoms with E-state index in [1.807, 2.05) is 31.2 Å². The maximum atomic E-state index is 12.9. The van der Waals surface area contributed by atoms with Crippen LogP contribution in [0.2, 0.25) is 0 Å². The van der Waals surface area contributed by atoms with Crippen molar-refractivity contribution in [2.45, 2.75) is 32.1 Å². The van der Waals surface area contributed by atoms with E-state index in [1.54, 1.807) is 4.90 Å². The molecule has 1 N–H and O–H groups in total. The predicted molar refractivity (Wildman–Crippen MR) is 97.8 cm³/mol. The van der Waals surface area contributed by atoms with Gasteiger partial charge in [-0.05, 0) is 37.1 Å². The molecule has 0 saturated carbocycles. The lowest BCUT2D eigenvalue weighted by Crippen LogP contribution is -2.42. The van der Waals surface area contributed by atoms with E-state index in [0.717, 1.165) is 38.9 Å². The van der Waals surface area contributed by atoms with Gasteiger partial charge in [-0.3, -0.25) is 9.59 Å². The van der Waals surface area contributed by atoms with E-state index in [9.17, 15) is 22.8 Å². The van der Waals surface area contributed by atoms with Gasteiger partial charge in [0.1, 0.15) is 12.1 Å². The fourth-order valence-corrected chi connectivity index (χ4v) is 3.88. The molecule has 28 heavy (non-hydrogen) atoms.